The average molecular weight is 433 g/mol. The fourth-order valence-corrected chi connectivity index (χ4v) is 4.82. The molecule has 0 fully saturated rings. The number of rotatable bonds is 5. The van der Waals surface area contributed by atoms with Crippen LogP contribution >= 0.6 is 11.3 Å². The maximum Gasteiger partial charge on any atom is 0.349 e. The Hall–Kier alpha value is -3.52. The Morgan fingerprint density at radius 1 is 1.23 bits per heavy atom. The third kappa shape index (κ3) is 3.59. The molecule has 31 heavy (non-hydrogen) atoms. The number of nitrogens with zero attached hydrogens (tertiary/aromatic N) is 3. The number of hydrogen-bond donors (Lipinski definition) is 0. The lowest BCUT2D eigenvalue weighted by Crippen LogP contribution is -2.20. The monoisotopic (exact) mass is 433 g/mol. The minimum atomic E-state index is -0.471. The first kappa shape index (κ1) is 19.4. The molecule has 4 aromatic rings. The number of para-hydroxylation sites is 1. The van der Waals surface area contributed by atoms with Gasteiger partial charge in [0, 0.05) is 24.7 Å². The Morgan fingerprint density at radius 2 is 2.10 bits per heavy atom. The fourth-order valence-electron chi connectivity index (χ4n) is 3.74. The molecule has 0 saturated heterocycles. The Morgan fingerprint density at radius 3 is 2.94 bits per heavy atom. The van der Waals surface area contributed by atoms with Crippen LogP contribution in [0, 0.1) is 6.92 Å². The largest absolute Gasteiger partial charge is 0.456 e. The highest BCUT2D eigenvalue weighted by atomic mass is 32.1. The van der Waals surface area contributed by atoms with E-state index in [1.54, 1.807) is 36.0 Å². The molecule has 0 saturated carbocycles. The second-order valence-corrected chi connectivity index (χ2v) is 8.30. The number of thiophene rings is 1. The number of aryl methyl sites for hydroxylation is 2. The first-order chi connectivity index (χ1) is 15.1. The molecule has 7 nitrogen and oxygen atoms in total. The molecular weight excluding hydrogens is 414 g/mol. The lowest BCUT2D eigenvalue weighted by atomic mass is 10.2. The number of benzene rings is 1. The van der Waals surface area contributed by atoms with Gasteiger partial charge in [0.25, 0.3) is 5.56 Å². The molecule has 0 radical (unpaired) electrons. The third-order valence-corrected chi connectivity index (χ3v) is 6.46. The number of aromatic nitrogens is 3. The maximum absolute atomic E-state index is 12.8. The number of ether oxygens (including phenoxy) is 2. The summed E-state index contributed by atoms with van der Waals surface area (Å²) in [6.07, 6.45) is 5.00. The van der Waals surface area contributed by atoms with Crippen molar-refractivity contribution in [3.8, 4) is 11.5 Å². The predicted molar refractivity (Wildman–Crippen MR) is 117 cm³/mol. The van der Waals surface area contributed by atoms with Gasteiger partial charge in [-0.1, -0.05) is 18.2 Å². The summed E-state index contributed by atoms with van der Waals surface area (Å²) < 4.78 is 13.2. The molecule has 1 aliphatic heterocycles. The van der Waals surface area contributed by atoms with E-state index in [1.807, 2.05) is 24.3 Å². The van der Waals surface area contributed by atoms with Crippen LogP contribution in [-0.4, -0.2) is 20.5 Å². The van der Waals surface area contributed by atoms with E-state index in [0.29, 0.717) is 38.7 Å². The van der Waals surface area contributed by atoms with Gasteiger partial charge in [0.2, 0.25) is 0 Å². The average Bonchev–Trinajstić information content (AvgIpc) is 3.39. The first-order valence-corrected chi connectivity index (χ1v) is 10.8. The van der Waals surface area contributed by atoms with Crippen LogP contribution in [0.25, 0.3) is 10.2 Å². The van der Waals surface area contributed by atoms with Crippen LogP contribution in [0.15, 0.2) is 53.6 Å². The Bertz CT molecular complexity index is 1340. The van der Waals surface area contributed by atoms with Gasteiger partial charge in [-0.3, -0.25) is 14.3 Å². The molecule has 156 valence electrons. The van der Waals surface area contributed by atoms with Crippen LogP contribution in [0.4, 0.5) is 0 Å². The van der Waals surface area contributed by atoms with Crippen LogP contribution in [0.3, 0.4) is 0 Å². The van der Waals surface area contributed by atoms with Gasteiger partial charge in [-0.25, -0.2) is 9.78 Å². The standard InChI is InChI=1S/C23H19N3O4S/c1-14-19-21(25-18-9-5-11-26(18)22(19)27)31-20(14)23(28)29-13-15-6-2-3-8-17(15)30-16-7-4-10-24-12-16/h2-4,6-8,10,12H,5,9,11,13H2,1H3. The summed E-state index contributed by atoms with van der Waals surface area (Å²) in [5.41, 5.74) is 1.29. The number of esters is 1. The maximum atomic E-state index is 12.8. The van der Waals surface area contributed by atoms with Gasteiger partial charge in [-0.15, -0.1) is 11.3 Å². The van der Waals surface area contributed by atoms with Crippen molar-refractivity contribution in [3.05, 3.63) is 81.0 Å². The topological polar surface area (TPSA) is 83.3 Å². The number of carbonyl (C=O) groups is 1. The minimum absolute atomic E-state index is 0.0475. The van der Waals surface area contributed by atoms with Gasteiger partial charge in [-0.2, -0.15) is 0 Å². The summed E-state index contributed by atoms with van der Waals surface area (Å²) in [4.78, 5) is 35.3. The number of fused-ring (bicyclic) bond motifs is 2. The molecule has 4 heterocycles. The summed E-state index contributed by atoms with van der Waals surface area (Å²) in [6, 6.07) is 11.0. The number of pyridine rings is 1. The van der Waals surface area contributed by atoms with E-state index in [9.17, 15) is 9.59 Å². The molecule has 1 aromatic carbocycles. The van der Waals surface area contributed by atoms with Crippen LogP contribution < -0.4 is 10.3 Å². The Kier molecular flexibility index (Phi) is 4.99. The summed E-state index contributed by atoms with van der Waals surface area (Å²) >= 11 is 1.22. The van der Waals surface area contributed by atoms with E-state index in [2.05, 4.69) is 9.97 Å². The van der Waals surface area contributed by atoms with E-state index in [4.69, 9.17) is 9.47 Å². The molecule has 0 bridgehead atoms. The summed E-state index contributed by atoms with van der Waals surface area (Å²) in [5.74, 6) is 1.51. The summed E-state index contributed by atoms with van der Waals surface area (Å²) in [7, 11) is 0. The van der Waals surface area contributed by atoms with Gasteiger partial charge >= 0.3 is 5.97 Å². The van der Waals surface area contributed by atoms with Crippen molar-refractivity contribution in [2.24, 2.45) is 0 Å². The van der Waals surface area contributed by atoms with Gasteiger partial charge in [-0.05, 0) is 37.1 Å². The van der Waals surface area contributed by atoms with Crippen molar-refractivity contribution in [1.82, 2.24) is 14.5 Å². The molecule has 3 aromatic heterocycles. The second-order valence-electron chi connectivity index (χ2n) is 7.30. The molecule has 1 aliphatic rings. The molecule has 8 heteroatoms. The van der Waals surface area contributed by atoms with Crippen LogP contribution in [0.5, 0.6) is 11.5 Å². The number of hydrogen-bond acceptors (Lipinski definition) is 7. The predicted octanol–water partition coefficient (Wildman–Crippen LogP) is 4.26. The molecule has 0 aliphatic carbocycles. The number of carbonyl (C=O) groups excluding carboxylic acids is 1. The minimum Gasteiger partial charge on any atom is -0.456 e. The zero-order valence-electron chi connectivity index (χ0n) is 16.8. The SMILES string of the molecule is Cc1c(C(=O)OCc2ccccc2Oc2cccnc2)sc2nc3n(c(=O)c12)CCC3. The Labute approximate surface area is 181 Å². The van der Waals surface area contributed by atoms with E-state index in [0.717, 1.165) is 24.2 Å². The fraction of sp³-hybridized carbons (Fsp3) is 0.217. The van der Waals surface area contributed by atoms with Crippen molar-refractivity contribution < 1.29 is 14.3 Å². The van der Waals surface area contributed by atoms with E-state index < -0.39 is 5.97 Å². The van der Waals surface area contributed by atoms with Crippen molar-refractivity contribution in [3.63, 3.8) is 0 Å². The third-order valence-electron chi connectivity index (χ3n) is 5.29. The van der Waals surface area contributed by atoms with Crippen LogP contribution in [0.2, 0.25) is 0 Å². The quantitative estimate of drug-likeness (QED) is 0.438. The van der Waals surface area contributed by atoms with Crippen molar-refractivity contribution in [2.45, 2.75) is 32.9 Å². The van der Waals surface area contributed by atoms with Gasteiger partial charge in [0.1, 0.15) is 33.6 Å². The summed E-state index contributed by atoms with van der Waals surface area (Å²) in [6.45, 7) is 2.51. The Balaban J connectivity index is 1.38. The van der Waals surface area contributed by atoms with Crippen LogP contribution in [-0.2, 0) is 24.3 Å². The second kappa shape index (κ2) is 7.96. The highest BCUT2D eigenvalue weighted by molar-refractivity contribution is 7.20. The van der Waals surface area contributed by atoms with Crippen LogP contribution in [0.1, 0.15) is 33.0 Å². The molecule has 0 atom stereocenters. The summed E-state index contributed by atoms with van der Waals surface area (Å²) in [5, 5.41) is 0.517. The van der Waals surface area contributed by atoms with E-state index in [-0.39, 0.29) is 12.2 Å². The van der Waals surface area contributed by atoms with Gasteiger partial charge < -0.3 is 9.47 Å². The smallest absolute Gasteiger partial charge is 0.349 e. The zero-order valence-corrected chi connectivity index (χ0v) is 17.6. The zero-order chi connectivity index (χ0) is 21.4. The highest BCUT2D eigenvalue weighted by Gasteiger charge is 2.24. The normalized spacial score (nSPS) is 12.7. The molecule has 5 rings (SSSR count). The van der Waals surface area contributed by atoms with Crippen molar-refractivity contribution in [2.75, 3.05) is 0 Å². The first-order valence-electron chi connectivity index (χ1n) is 9.97. The van der Waals surface area contributed by atoms with Crippen molar-refractivity contribution >= 4 is 27.5 Å². The lowest BCUT2D eigenvalue weighted by molar-refractivity contribution is 0.0476. The molecule has 0 amide bonds. The molecule has 0 spiro atoms. The highest BCUT2D eigenvalue weighted by Crippen LogP contribution is 2.30. The molecular formula is C23H19N3O4S. The molecule has 0 unspecified atom stereocenters. The lowest BCUT2D eigenvalue weighted by Gasteiger charge is -2.11. The van der Waals surface area contributed by atoms with Gasteiger partial charge in [0.15, 0.2) is 0 Å². The van der Waals surface area contributed by atoms with Gasteiger partial charge in [0.05, 0.1) is 11.6 Å². The molecule has 0 N–H and O–H groups in total. The van der Waals surface area contributed by atoms with Crippen molar-refractivity contribution in [1.29, 1.82) is 0 Å². The van der Waals surface area contributed by atoms with E-state index in [1.165, 1.54) is 11.3 Å². The van der Waals surface area contributed by atoms with E-state index >= 15 is 0 Å².